The highest BCUT2D eigenvalue weighted by Crippen LogP contribution is 2.36. The predicted octanol–water partition coefficient (Wildman–Crippen LogP) is 3.83. The molecule has 2 saturated heterocycles. The quantitative estimate of drug-likeness (QED) is 0.772. The second-order valence-electron chi connectivity index (χ2n) is 7.30. The molecule has 2 aromatic rings. The number of halogens is 3. The molecular formula is C19H21F3N2O2. The number of hydrogen-bond acceptors (Lipinski definition) is 3. The zero-order valence-electron chi connectivity index (χ0n) is 14.5. The molecule has 2 fully saturated rings. The van der Waals surface area contributed by atoms with Crippen LogP contribution in [0.1, 0.15) is 36.0 Å². The van der Waals surface area contributed by atoms with E-state index in [1.54, 1.807) is 0 Å². The zero-order chi connectivity index (χ0) is 18.4. The van der Waals surface area contributed by atoms with E-state index in [4.69, 9.17) is 4.74 Å². The van der Waals surface area contributed by atoms with Gasteiger partial charge in [-0.25, -0.2) is 18.0 Å². The highest BCUT2D eigenvalue weighted by molar-refractivity contribution is 6.04. The Morgan fingerprint density at radius 1 is 1.27 bits per heavy atom. The normalized spacial score (nSPS) is 26.0. The van der Waals surface area contributed by atoms with Crippen LogP contribution in [0.15, 0.2) is 24.4 Å². The van der Waals surface area contributed by atoms with Crippen molar-refractivity contribution in [3.05, 3.63) is 35.8 Å². The molecule has 140 valence electrons. The lowest BCUT2D eigenvalue weighted by atomic mass is 10.0. The molecule has 3 atom stereocenters. The van der Waals surface area contributed by atoms with Crippen molar-refractivity contribution >= 4 is 16.9 Å². The van der Waals surface area contributed by atoms with E-state index >= 15 is 0 Å². The fourth-order valence-electron chi connectivity index (χ4n) is 4.40. The van der Waals surface area contributed by atoms with E-state index in [0.29, 0.717) is 23.0 Å². The Hall–Kier alpha value is -2.02. The first-order valence-electron chi connectivity index (χ1n) is 8.92. The van der Waals surface area contributed by atoms with Crippen LogP contribution in [0, 0.1) is 5.82 Å². The van der Waals surface area contributed by atoms with Crippen LogP contribution >= 0.6 is 0 Å². The lowest BCUT2D eigenvalue weighted by Gasteiger charge is -2.35. The number of alkyl halides is 2. The third kappa shape index (κ3) is 3.09. The summed E-state index contributed by atoms with van der Waals surface area (Å²) < 4.78 is 46.3. The van der Waals surface area contributed by atoms with Crippen LogP contribution in [0.4, 0.5) is 13.2 Å². The average molecular weight is 366 g/mol. The Labute approximate surface area is 149 Å². The van der Waals surface area contributed by atoms with Crippen molar-refractivity contribution in [2.75, 3.05) is 7.05 Å². The molecule has 26 heavy (non-hydrogen) atoms. The van der Waals surface area contributed by atoms with Crippen molar-refractivity contribution in [2.45, 2.75) is 56.8 Å². The van der Waals surface area contributed by atoms with Gasteiger partial charge in [0.25, 0.3) is 6.43 Å². The van der Waals surface area contributed by atoms with Crippen molar-refractivity contribution in [3.63, 3.8) is 0 Å². The number of esters is 1. The highest BCUT2D eigenvalue weighted by atomic mass is 19.3. The minimum absolute atomic E-state index is 0.145. The lowest BCUT2D eigenvalue weighted by Crippen LogP contribution is -2.43. The molecule has 2 aliphatic heterocycles. The number of fused-ring (bicyclic) bond motifs is 3. The van der Waals surface area contributed by atoms with E-state index in [1.807, 2.05) is 0 Å². The molecule has 2 bridgehead atoms. The maximum absolute atomic E-state index is 13.6. The van der Waals surface area contributed by atoms with Gasteiger partial charge in [0.05, 0.1) is 12.1 Å². The molecular weight excluding hydrogens is 345 g/mol. The summed E-state index contributed by atoms with van der Waals surface area (Å²) in [5.41, 5.74) is 0.550. The lowest BCUT2D eigenvalue weighted by molar-refractivity contribution is -0.000317. The summed E-state index contributed by atoms with van der Waals surface area (Å²) >= 11 is 0. The summed E-state index contributed by atoms with van der Waals surface area (Å²) in [5.74, 6) is -1.08. The van der Waals surface area contributed by atoms with Crippen LogP contribution < -0.4 is 0 Å². The molecule has 0 aliphatic carbocycles. The predicted molar refractivity (Wildman–Crippen MR) is 90.9 cm³/mol. The SMILES string of the molecule is CN1[C@@H]2CC[C@H]1CC(OC(=O)c1cn(CC(F)F)c3ccc(F)cc13)C2. The van der Waals surface area contributed by atoms with Crippen molar-refractivity contribution in [3.8, 4) is 0 Å². The third-order valence-corrected chi connectivity index (χ3v) is 5.73. The van der Waals surface area contributed by atoms with E-state index in [2.05, 4.69) is 11.9 Å². The molecule has 4 rings (SSSR count). The minimum Gasteiger partial charge on any atom is -0.459 e. The molecule has 3 heterocycles. The second kappa shape index (κ2) is 6.61. The third-order valence-electron chi connectivity index (χ3n) is 5.73. The summed E-state index contributed by atoms with van der Waals surface area (Å²) in [7, 11) is 2.10. The molecule has 0 spiro atoms. The number of hydrogen-bond donors (Lipinski definition) is 0. The Balaban J connectivity index is 1.59. The fourth-order valence-corrected chi connectivity index (χ4v) is 4.40. The molecule has 0 amide bonds. The van der Waals surface area contributed by atoms with Gasteiger partial charge in [-0.05, 0) is 38.1 Å². The summed E-state index contributed by atoms with van der Waals surface area (Å²) in [4.78, 5) is 15.0. The van der Waals surface area contributed by atoms with Crippen molar-refractivity contribution in [2.24, 2.45) is 0 Å². The van der Waals surface area contributed by atoms with Crippen molar-refractivity contribution in [1.29, 1.82) is 0 Å². The molecule has 2 aliphatic rings. The average Bonchev–Trinajstić information content (AvgIpc) is 3.00. The zero-order valence-corrected chi connectivity index (χ0v) is 14.5. The van der Waals surface area contributed by atoms with Gasteiger partial charge >= 0.3 is 5.97 Å². The molecule has 1 unspecified atom stereocenters. The van der Waals surface area contributed by atoms with Gasteiger partial charge in [-0.15, -0.1) is 0 Å². The van der Waals surface area contributed by atoms with Crippen LogP contribution in [0.3, 0.4) is 0 Å². The van der Waals surface area contributed by atoms with E-state index in [1.165, 1.54) is 29.0 Å². The molecule has 0 N–H and O–H groups in total. The summed E-state index contributed by atoms with van der Waals surface area (Å²) in [6.45, 7) is -0.548. The van der Waals surface area contributed by atoms with Gasteiger partial charge in [0.1, 0.15) is 11.9 Å². The van der Waals surface area contributed by atoms with Crippen LogP contribution in [-0.4, -0.2) is 47.1 Å². The largest absolute Gasteiger partial charge is 0.459 e. The molecule has 0 radical (unpaired) electrons. The number of ether oxygens (including phenoxy) is 1. The number of aromatic nitrogens is 1. The maximum atomic E-state index is 13.6. The van der Waals surface area contributed by atoms with Gasteiger partial charge in [-0.3, -0.25) is 0 Å². The minimum atomic E-state index is -2.57. The van der Waals surface area contributed by atoms with E-state index in [9.17, 15) is 18.0 Å². The molecule has 0 saturated carbocycles. The summed E-state index contributed by atoms with van der Waals surface area (Å²) in [6.07, 6.45) is 2.37. The first-order chi connectivity index (χ1) is 12.4. The number of benzene rings is 1. The monoisotopic (exact) mass is 366 g/mol. The topological polar surface area (TPSA) is 34.5 Å². The van der Waals surface area contributed by atoms with Gasteiger partial charge in [-0.2, -0.15) is 0 Å². The van der Waals surface area contributed by atoms with Gasteiger partial charge < -0.3 is 14.2 Å². The van der Waals surface area contributed by atoms with Gasteiger partial charge in [-0.1, -0.05) is 0 Å². The number of carbonyl (C=O) groups is 1. The van der Waals surface area contributed by atoms with Crippen molar-refractivity contribution < 1.29 is 22.7 Å². The Kier molecular flexibility index (Phi) is 4.42. The van der Waals surface area contributed by atoms with Crippen LogP contribution in [0.25, 0.3) is 10.9 Å². The number of piperidine rings is 1. The number of nitrogens with zero attached hydrogens (tertiary/aromatic N) is 2. The van der Waals surface area contributed by atoms with E-state index in [0.717, 1.165) is 25.7 Å². The Bertz CT molecular complexity index is 822. The molecule has 1 aromatic carbocycles. The van der Waals surface area contributed by atoms with Crippen LogP contribution in [-0.2, 0) is 11.3 Å². The van der Waals surface area contributed by atoms with Gasteiger partial charge in [0, 0.05) is 42.0 Å². The Morgan fingerprint density at radius 3 is 2.62 bits per heavy atom. The molecule has 4 nitrogen and oxygen atoms in total. The maximum Gasteiger partial charge on any atom is 0.340 e. The number of rotatable bonds is 4. The first-order valence-corrected chi connectivity index (χ1v) is 8.92. The Morgan fingerprint density at radius 2 is 1.96 bits per heavy atom. The fraction of sp³-hybridized carbons (Fsp3) is 0.526. The van der Waals surface area contributed by atoms with Gasteiger partial charge in [0.2, 0.25) is 0 Å². The summed E-state index contributed by atoms with van der Waals surface area (Å²) in [6, 6.07) is 4.66. The smallest absolute Gasteiger partial charge is 0.340 e. The van der Waals surface area contributed by atoms with Gasteiger partial charge in [0.15, 0.2) is 0 Å². The standard InChI is InChI=1S/C19H21F3N2O2/c1-23-12-3-4-13(23)8-14(7-12)26-19(25)16-9-24(10-18(21)22)17-5-2-11(20)6-15(16)17/h2,5-6,9,12-14,18H,3-4,7-8,10H2,1H3/t12-,13+,14?. The second-order valence-corrected chi connectivity index (χ2v) is 7.30. The molecule has 1 aromatic heterocycles. The number of carbonyl (C=O) groups excluding carboxylic acids is 1. The van der Waals surface area contributed by atoms with Crippen molar-refractivity contribution in [1.82, 2.24) is 9.47 Å². The van der Waals surface area contributed by atoms with Crippen LogP contribution in [0.2, 0.25) is 0 Å². The van der Waals surface area contributed by atoms with E-state index in [-0.39, 0.29) is 11.7 Å². The highest BCUT2D eigenvalue weighted by Gasteiger charge is 2.40. The van der Waals surface area contributed by atoms with E-state index < -0.39 is 24.8 Å². The first kappa shape index (κ1) is 17.4. The van der Waals surface area contributed by atoms with Crippen LogP contribution in [0.5, 0.6) is 0 Å². The summed E-state index contributed by atoms with van der Waals surface area (Å²) in [5, 5.41) is 0.312. The molecule has 7 heteroatoms.